The first-order chi connectivity index (χ1) is 7.58. The van der Waals surface area contributed by atoms with E-state index in [0.717, 1.165) is 11.1 Å². The Balaban J connectivity index is 2.45. The fraction of sp³-hybridized carbons (Fsp3) is 0.0909. The molecule has 4 nitrogen and oxygen atoms in total. The molecule has 1 heterocycles. The van der Waals surface area contributed by atoms with Gasteiger partial charge >= 0.3 is 5.97 Å². The molecule has 0 atom stereocenters. The van der Waals surface area contributed by atoms with Gasteiger partial charge in [0, 0.05) is 18.8 Å². The summed E-state index contributed by atoms with van der Waals surface area (Å²) in [6.45, 7) is 0. The van der Waals surface area contributed by atoms with Gasteiger partial charge in [0.05, 0.1) is 16.8 Å². The zero-order valence-electron chi connectivity index (χ0n) is 8.51. The summed E-state index contributed by atoms with van der Waals surface area (Å²) >= 11 is 5.87. The van der Waals surface area contributed by atoms with Crippen molar-refractivity contribution >= 4 is 17.6 Å². The highest BCUT2D eigenvalue weighted by Crippen LogP contribution is 2.25. The Kier molecular flexibility index (Phi) is 2.66. The fourth-order valence-corrected chi connectivity index (χ4v) is 1.70. The molecule has 0 radical (unpaired) electrons. The summed E-state index contributed by atoms with van der Waals surface area (Å²) in [5.41, 5.74) is 1.86. The summed E-state index contributed by atoms with van der Waals surface area (Å²) in [7, 11) is 1.82. The molecule has 0 aliphatic carbocycles. The normalized spacial score (nSPS) is 10.4. The molecule has 1 N–H and O–H groups in total. The lowest BCUT2D eigenvalue weighted by Gasteiger charge is -2.01. The Morgan fingerprint density at radius 3 is 2.69 bits per heavy atom. The molecule has 2 rings (SSSR count). The maximum Gasteiger partial charge on any atom is 0.337 e. The molecule has 1 aromatic carbocycles. The van der Waals surface area contributed by atoms with Gasteiger partial charge in [-0.1, -0.05) is 17.7 Å². The third-order valence-electron chi connectivity index (χ3n) is 2.24. The number of carboxylic acids is 1. The van der Waals surface area contributed by atoms with Gasteiger partial charge in [0.25, 0.3) is 0 Å². The monoisotopic (exact) mass is 236 g/mol. The molecule has 0 aliphatic rings. The van der Waals surface area contributed by atoms with Crippen LogP contribution < -0.4 is 0 Å². The van der Waals surface area contributed by atoms with Crippen LogP contribution in [0.25, 0.3) is 11.1 Å². The Hall–Kier alpha value is -1.81. The lowest BCUT2D eigenvalue weighted by molar-refractivity contribution is 0.0697. The van der Waals surface area contributed by atoms with E-state index in [2.05, 4.69) is 5.10 Å². The SMILES string of the molecule is Cn1cc(-c2ccc(C(=O)O)c(Cl)c2)cn1. The highest BCUT2D eigenvalue weighted by Gasteiger charge is 2.10. The highest BCUT2D eigenvalue weighted by molar-refractivity contribution is 6.33. The number of aromatic carboxylic acids is 1. The first-order valence-electron chi connectivity index (χ1n) is 4.60. The first-order valence-corrected chi connectivity index (χ1v) is 4.97. The number of halogens is 1. The van der Waals surface area contributed by atoms with Gasteiger partial charge in [-0.25, -0.2) is 4.79 Å². The molecule has 0 spiro atoms. The van der Waals surface area contributed by atoms with Crippen molar-refractivity contribution in [2.45, 2.75) is 0 Å². The number of hydrogen-bond acceptors (Lipinski definition) is 2. The first kappa shape index (κ1) is 10.7. The molecular formula is C11H9ClN2O2. The van der Waals surface area contributed by atoms with E-state index in [4.69, 9.17) is 16.7 Å². The van der Waals surface area contributed by atoms with Crippen LogP contribution in [-0.2, 0) is 7.05 Å². The van der Waals surface area contributed by atoms with Crippen molar-refractivity contribution in [3.8, 4) is 11.1 Å². The maximum atomic E-state index is 10.8. The Bertz CT molecular complexity index is 549. The van der Waals surface area contributed by atoms with Crippen LogP contribution in [0.15, 0.2) is 30.6 Å². The molecule has 0 fully saturated rings. The van der Waals surface area contributed by atoms with Crippen molar-refractivity contribution < 1.29 is 9.90 Å². The van der Waals surface area contributed by atoms with Crippen molar-refractivity contribution in [3.05, 3.63) is 41.2 Å². The third-order valence-corrected chi connectivity index (χ3v) is 2.55. The molecular weight excluding hydrogens is 228 g/mol. The molecule has 0 bridgehead atoms. The van der Waals surface area contributed by atoms with Crippen LogP contribution in [0.2, 0.25) is 5.02 Å². The number of aromatic nitrogens is 2. The van der Waals surface area contributed by atoms with Crippen molar-refractivity contribution in [2.24, 2.45) is 7.05 Å². The highest BCUT2D eigenvalue weighted by atomic mass is 35.5. The van der Waals surface area contributed by atoms with Crippen molar-refractivity contribution in [1.29, 1.82) is 0 Å². The largest absolute Gasteiger partial charge is 0.478 e. The van der Waals surface area contributed by atoms with Crippen LogP contribution in [0, 0.1) is 0 Å². The summed E-state index contributed by atoms with van der Waals surface area (Å²) in [5, 5.41) is 13.1. The molecule has 1 aromatic heterocycles. The average molecular weight is 237 g/mol. The standard InChI is InChI=1S/C11H9ClN2O2/c1-14-6-8(5-13-14)7-2-3-9(11(15)16)10(12)4-7/h2-6H,1H3,(H,15,16). The lowest BCUT2D eigenvalue weighted by Crippen LogP contribution is -1.96. The fourth-order valence-electron chi connectivity index (χ4n) is 1.44. The summed E-state index contributed by atoms with van der Waals surface area (Å²) in [6, 6.07) is 4.83. The van der Waals surface area contributed by atoms with Crippen molar-refractivity contribution in [3.63, 3.8) is 0 Å². The van der Waals surface area contributed by atoms with Gasteiger partial charge in [-0.2, -0.15) is 5.10 Å². The maximum absolute atomic E-state index is 10.8. The number of nitrogens with zero attached hydrogens (tertiary/aromatic N) is 2. The van der Waals surface area contributed by atoms with Crippen LogP contribution in [-0.4, -0.2) is 20.9 Å². The zero-order valence-corrected chi connectivity index (χ0v) is 9.27. The van der Waals surface area contributed by atoms with Crippen LogP contribution in [0.3, 0.4) is 0 Å². The molecule has 0 aliphatic heterocycles. The van der Waals surface area contributed by atoms with Crippen LogP contribution in [0.5, 0.6) is 0 Å². The topological polar surface area (TPSA) is 55.1 Å². The number of rotatable bonds is 2. The molecule has 82 valence electrons. The van der Waals surface area contributed by atoms with Crippen LogP contribution >= 0.6 is 11.6 Å². The molecule has 0 amide bonds. The molecule has 0 unspecified atom stereocenters. The second-order valence-electron chi connectivity index (χ2n) is 3.40. The summed E-state index contributed by atoms with van der Waals surface area (Å²) in [5.74, 6) is -1.03. The predicted molar refractivity (Wildman–Crippen MR) is 60.6 cm³/mol. The number of hydrogen-bond donors (Lipinski definition) is 1. The second kappa shape index (κ2) is 3.98. The average Bonchev–Trinajstić information content (AvgIpc) is 2.64. The van der Waals surface area contributed by atoms with E-state index in [1.165, 1.54) is 6.07 Å². The van der Waals surface area contributed by atoms with E-state index in [0.29, 0.717) is 0 Å². The Morgan fingerprint density at radius 1 is 1.44 bits per heavy atom. The molecule has 5 heteroatoms. The van der Waals surface area contributed by atoms with E-state index in [9.17, 15) is 4.79 Å². The number of benzene rings is 1. The predicted octanol–water partition coefficient (Wildman–Crippen LogP) is 2.44. The minimum Gasteiger partial charge on any atom is -0.478 e. The van der Waals surface area contributed by atoms with Crippen LogP contribution in [0.1, 0.15) is 10.4 Å². The molecule has 16 heavy (non-hydrogen) atoms. The smallest absolute Gasteiger partial charge is 0.337 e. The number of carboxylic acid groups (broad SMARTS) is 1. The van der Waals surface area contributed by atoms with Crippen molar-refractivity contribution in [2.75, 3.05) is 0 Å². The van der Waals surface area contributed by atoms with E-state index in [1.54, 1.807) is 23.0 Å². The van der Waals surface area contributed by atoms with Gasteiger partial charge in [0.2, 0.25) is 0 Å². The van der Waals surface area contributed by atoms with Gasteiger partial charge in [-0.05, 0) is 17.7 Å². The van der Waals surface area contributed by atoms with E-state index >= 15 is 0 Å². The van der Waals surface area contributed by atoms with Gasteiger partial charge < -0.3 is 5.11 Å². The van der Waals surface area contributed by atoms with Gasteiger partial charge in [0.1, 0.15) is 0 Å². The minimum atomic E-state index is -1.03. The van der Waals surface area contributed by atoms with Gasteiger partial charge in [0.15, 0.2) is 0 Å². The summed E-state index contributed by atoms with van der Waals surface area (Å²) in [6.07, 6.45) is 3.54. The van der Waals surface area contributed by atoms with Crippen LogP contribution in [0.4, 0.5) is 0 Å². The second-order valence-corrected chi connectivity index (χ2v) is 3.81. The lowest BCUT2D eigenvalue weighted by atomic mass is 10.1. The van der Waals surface area contributed by atoms with Gasteiger partial charge in [-0.15, -0.1) is 0 Å². The summed E-state index contributed by atoms with van der Waals surface area (Å²) in [4.78, 5) is 10.8. The Labute approximate surface area is 97.1 Å². The van der Waals surface area contributed by atoms with Crippen molar-refractivity contribution in [1.82, 2.24) is 9.78 Å². The van der Waals surface area contributed by atoms with E-state index in [1.807, 2.05) is 13.2 Å². The molecule has 2 aromatic rings. The van der Waals surface area contributed by atoms with Gasteiger partial charge in [-0.3, -0.25) is 4.68 Å². The minimum absolute atomic E-state index is 0.106. The number of aryl methyl sites for hydroxylation is 1. The zero-order chi connectivity index (χ0) is 11.7. The quantitative estimate of drug-likeness (QED) is 0.871. The van der Waals surface area contributed by atoms with E-state index < -0.39 is 5.97 Å². The Morgan fingerprint density at radius 2 is 2.19 bits per heavy atom. The molecule has 0 saturated heterocycles. The third kappa shape index (κ3) is 1.92. The molecule has 0 saturated carbocycles. The summed E-state index contributed by atoms with van der Waals surface area (Å²) < 4.78 is 1.67. The number of carbonyl (C=O) groups is 1. The van der Waals surface area contributed by atoms with E-state index in [-0.39, 0.29) is 10.6 Å².